The lowest BCUT2D eigenvalue weighted by molar-refractivity contribution is -0.333. The number of nitrogens with zero attached hydrogens (tertiary/aromatic N) is 3. The molecule has 0 saturated carbocycles. The summed E-state index contributed by atoms with van der Waals surface area (Å²) in [7, 11) is -2.43. The van der Waals surface area contributed by atoms with E-state index in [4.69, 9.17) is 18.9 Å². The molecule has 2 aromatic carbocycles. The van der Waals surface area contributed by atoms with Gasteiger partial charge < -0.3 is 37.8 Å². The molecule has 29 heavy (non-hydrogen) atoms. The van der Waals surface area contributed by atoms with Gasteiger partial charge in [-0.2, -0.15) is 0 Å². The maximum Gasteiger partial charge on any atom is 0.231 e. The van der Waals surface area contributed by atoms with Crippen LogP contribution >= 0.6 is 7.82 Å². The van der Waals surface area contributed by atoms with E-state index < -0.39 is 7.82 Å². The second kappa shape index (κ2) is 7.28. The predicted octanol–water partition coefficient (Wildman–Crippen LogP) is 0.888. The molecule has 12 heteroatoms. The minimum atomic E-state index is -5.32. The van der Waals surface area contributed by atoms with Gasteiger partial charge in [0.2, 0.25) is 12.5 Å². The molecule has 1 aliphatic rings. The summed E-state index contributed by atoms with van der Waals surface area (Å²) in [5, 5.41) is 7.94. The van der Waals surface area contributed by atoms with Crippen molar-refractivity contribution in [3.63, 3.8) is 0 Å². The summed E-state index contributed by atoms with van der Waals surface area (Å²) in [6.07, 6.45) is 1.40. The number of methoxy groups -OCH3 is 2. The van der Waals surface area contributed by atoms with Crippen molar-refractivity contribution in [2.24, 2.45) is 0 Å². The lowest BCUT2D eigenvalue weighted by atomic mass is 10.1. The Morgan fingerprint density at radius 3 is 2.66 bits per heavy atom. The van der Waals surface area contributed by atoms with E-state index >= 15 is 0 Å². The van der Waals surface area contributed by atoms with E-state index in [1.807, 2.05) is 0 Å². The van der Waals surface area contributed by atoms with Crippen LogP contribution < -0.4 is 33.3 Å². The molecular formula is C17H14N3O8P-2. The van der Waals surface area contributed by atoms with Gasteiger partial charge in [-0.05, 0) is 12.1 Å². The normalized spacial score (nSPS) is 12.7. The van der Waals surface area contributed by atoms with Gasteiger partial charge in [0.05, 0.1) is 31.8 Å². The fourth-order valence-corrected chi connectivity index (χ4v) is 3.28. The Balaban J connectivity index is 1.85. The third-order valence-electron chi connectivity index (χ3n) is 4.11. The van der Waals surface area contributed by atoms with E-state index in [1.54, 1.807) is 18.2 Å². The molecule has 0 amide bonds. The first-order chi connectivity index (χ1) is 13.9. The van der Waals surface area contributed by atoms with E-state index in [1.165, 1.54) is 37.2 Å². The number of hydrogen-bond acceptors (Lipinski definition) is 10. The Morgan fingerprint density at radius 1 is 1.10 bits per heavy atom. The standard InChI is InChI=1S/C17H16N3O8P/c1-24-11-3-4-12(14(7-11)28-29(21,22)23)13-8-18-19-20(13)10-5-15(25-2)17-16(6-10)26-9-27-17/h3-8H,9H2,1-2H3,(H2,21,22,23)/p-2. The average Bonchev–Trinajstić information content (AvgIpc) is 3.35. The van der Waals surface area contributed by atoms with Gasteiger partial charge in [-0.15, -0.1) is 5.10 Å². The predicted molar refractivity (Wildman–Crippen MR) is 94.3 cm³/mol. The Labute approximate surface area is 164 Å². The quantitative estimate of drug-likeness (QED) is 0.529. The summed E-state index contributed by atoms with van der Waals surface area (Å²) in [5.74, 6) is 1.43. The van der Waals surface area contributed by atoms with Crippen LogP contribution in [0.2, 0.25) is 0 Å². The lowest BCUT2D eigenvalue weighted by Gasteiger charge is -2.30. The maximum absolute atomic E-state index is 11.2. The van der Waals surface area contributed by atoms with Crippen LogP contribution in [0.1, 0.15) is 0 Å². The van der Waals surface area contributed by atoms with Crippen LogP contribution in [0, 0.1) is 0 Å². The minimum Gasteiger partial charge on any atom is -0.780 e. The number of hydrogen-bond donors (Lipinski definition) is 0. The van der Waals surface area contributed by atoms with Crippen molar-refractivity contribution in [3.8, 4) is 45.7 Å². The van der Waals surface area contributed by atoms with Crippen molar-refractivity contribution in [2.75, 3.05) is 21.0 Å². The largest absolute Gasteiger partial charge is 0.780 e. The fourth-order valence-electron chi connectivity index (χ4n) is 2.88. The highest BCUT2D eigenvalue weighted by atomic mass is 31.2. The lowest BCUT2D eigenvalue weighted by Crippen LogP contribution is -2.19. The van der Waals surface area contributed by atoms with Crippen LogP contribution in [0.3, 0.4) is 0 Å². The number of phosphoric acid groups is 1. The zero-order valence-corrected chi connectivity index (χ0v) is 16.1. The van der Waals surface area contributed by atoms with Gasteiger partial charge in [0.15, 0.2) is 11.5 Å². The molecule has 0 bridgehead atoms. The summed E-state index contributed by atoms with van der Waals surface area (Å²) in [4.78, 5) is 22.4. The molecule has 1 aromatic heterocycles. The van der Waals surface area contributed by atoms with Gasteiger partial charge in [-0.25, -0.2) is 4.68 Å². The third kappa shape index (κ3) is 3.70. The van der Waals surface area contributed by atoms with Crippen molar-refractivity contribution in [2.45, 2.75) is 0 Å². The Hall–Kier alpha value is -3.27. The number of rotatable bonds is 6. The number of benzene rings is 2. The van der Waals surface area contributed by atoms with Gasteiger partial charge in [0, 0.05) is 23.8 Å². The summed E-state index contributed by atoms with van der Waals surface area (Å²) in [6, 6.07) is 7.72. The molecule has 0 aliphatic carbocycles. The van der Waals surface area contributed by atoms with Crippen LogP contribution in [0.15, 0.2) is 36.5 Å². The highest BCUT2D eigenvalue weighted by Crippen LogP contribution is 2.44. The molecule has 0 spiro atoms. The Morgan fingerprint density at radius 2 is 1.93 bits per heavy atom. The molecule has 0 atom stereocenters. The van der Waals surface area contributed by atoms with Crippen LogP contribution in [0.5, 0.6) is 28.7 Å². The summed E-state index contributed by atoms with van der Waals surface area (Å²) in [6.45, 7) is 0.0537. The highest BCUT2D eigenvalue weighted by molar-refractivity contribution is 7.43. The van der Waals surface area contributed by atoms with E-state index in [0.29, 0.717) is 34.4 Å². The first kappa shape index (κ1) is 19.1. The topological polar surface area (TPSA) is 140 Å². The average molecular weight is 419 g/mol. The van der Waals surface area contributed by atoms with Gasteiger partial charge in [0.1, 0.15) is 19.3 Å². The van der Waals surface area contributed by atoms with Gasteiger partial charge in [-0.3, -0.25) is 0 Å². The fraction of sp³-hybridized carbons (Fsp3) is 0.176. The van der Waals surface area contributed by atoms with Crippen molar-refractivity contribution in [1.29, 1.82) is 0 Å². The van der Waals surface area contributed by atoms with Crippen molar-refractivity contribution in [1.82, 2.24) is 15.0 Å². The number of aromatic nitrogens is 3. The van der Waals surface area contributed by atoms with E-state index in [0.717, 1.165) is 0 Å². The molecule has 4 rings (SSSR count). The summed E-state index contributed by atoms with van der Waals surface area (Å²) in [5.41, 5.74) is 1.13. The zero-order valence-electron chi connectivity index (χ0n) is 15.2. The first-order valence-electron chi connectivity index (χ1n) is 8.18. The molecule has 0 saturated heterocycles. The molecule has 152 valence electrons. The highest BCUT2D eigenvalue weighted by Gasteiger charge is 2.23. The zero-order chi connectivity index (χ0) is 20.6. The minimum absolute atomic E-state index is 0.0537. The second-order valence-corrected chi connectivity index (χ2v) is 6.89. The van der Waals surface area contributed by atoms with E-state index in [9.17, 15) is 14.4 Å². The molecule has 2 heterocycles. The molecule has 0 unspecified atom stereocenters. The van der Waals surface area contributed by atoms with E-state index in [-0.39, 0.29) is 18.1 Å². The van der Waals surface area contributed by atoms with Crippen molar-refractivity contribution >= 4 is 7.82 Å². The van der Waals surface area contributed by atoms with Crippen LogP contribution in [-0.4, -0.2) is 36.0 Å². The summed E-state index contributed by atoms with van der Waals surface area (Å²) >= 11 is 0. The van der Waals surface area contributed by atoms with Crippen molar-refractivity contribution in [3.05, 3.63) is 36.5 Å². The molecular weight excluding hydrogens is 405 g/mol. The maximum atomic E-state index is 11.2. The Kier molecular flexibility index (Phi) is 4.79. The monoisotopic (exact) mass is 419 g/mol. The number of phosphoric ester groups is 1. The number of ether oxygens (including phenoxy) is 4. The third-order valence-corrected chi connectivity index (χ3v) is 4.53. The van der Waals surface area contributed by atoms with Gasteiger partial charge in [-0.1, -0.05) is 5.21 Å². The molecule has 0 N–H and O–H groups in total. The molecule has 0 fully saturated rings. The smallest absolute Gasteiger partial charge is 0.231 e. The first-order valence-corrected chi connectivity index (χ1v) is 9.64. The summed E-state index contributed by atoms with van der Waals surface area (Å²) < 4.78 is 38.5. The van der Waals surface area contributed by atoms with Crippen LogP contribution in [0.4, 0.5) is 0 Å². The van der Waals surface area contributed by atoms with Crippen LogP contribution in [-0.2, 0) is 4.57 Å². The van der Waals surface area contributed by atoms with Crippen molar-refractivity contribution < 1.29 is 37.8 Å². The molecule has 11 nitrogen and oxygen atoms in total. The van der Waals surface area contributed by atoms with Gasteiger partial charge >= 0.3 is 0 Å². The van der Waals surface area contributed by atoms with E-state index in [2.05, 4.69) is 14.8 Å². The molecule has 1 aliphatic heterocycles. The SMILES string of the molecule is COc1ccc(-c2cnnn2-c2cc(OC)c3c(c2)OCO3)c(OP(=O)([O-])[O-])c1. The molecule has 0 radical (unpaired) electrons. The van der Waals surface area contributed by atoms with Gasteiger partial charge in [0.25, 0.3) is 0 Å². The van der Waals surface area contributed by atoms with Crippen LogP contribution in [0.25, 0.3) is 16.9 Å². The molecule has 3 aromatic rings. The second-order valence-electron chi connectivity index (χ2n) is 5.81. The number of fused-ring (bicyclic) bond motifs is 1. The Bertz CT molecular complexity index is 1110.